The summed E-state index contributed by atoms with van der Waals surface area (Å²) in [4.78, 5) is 25.4. The molecule has 1 atom stereocenters. The minimum absolute atomic E-state index is 0. The van der Waals surface area contributed by atoms with Gasteiger partial charge in [-0.05, 0) is 35.9 Å². The first-order valence-corrected chi connectivity index (χ1v) is 7.98. The summed E-state index contributed by atoms with van der Waals surface area (Å²) in [5.41, 5.74) is 7.17. The highest BCUT2D eigenvalue weighted by atomic mass is 35.5. The largest absolute Gasteiger partial charge is 0.351 e. The molecule has 138 valence electrons. The predicted molar refractivity (Wildman–Crippen MR) is 99.9 cm³/mol. The average Bonchev–Trinajstić information content (AvgIpc) is 2.62. The van der Waals surface area contributed by atoms with Gasteiger partial charge in [0.05, 0.1) is 6.04 Å². The molecule has 2 aromatic rings. The van der Waals surface area contributed by atoms with Crippen LogP contribution in [0.15, 0.2) is 48.5 Å². The van der Waals surface area contributed by atoms with Gasteiger partial charge in [0.15, 0.2) is 0 Å². The first-order chi connectivity index (χ1) is 12.0. The van der Waals surface area contributed by atoms with E-state index in [1.165, 1.54) is 18.2 Å². The van der Waals surface area contributed by atoms with Crippen molar-refractivity contribution in [2.75, 3.05) is 25.0 Å². The summed E-state index contributed by atoms with van der Waals surface area (Å²) in [6.07, 6.45) is 0. The van der Waals surface area contributed by atoms with Crippen LogP contribution in [0.3, 0.4) is 0 Å². The quantitative estimate of drug-likeness (QED) is 0.767. The number of nitrogens with one attached hydrogen (secondary N) is 2. The number of amides is 3. The van der Waals surface area contributed by atoms with Crippen LogP contribution in [0, 0.1) is 5.82 Å². The standard InChI is InChI=1S/C18H19FN4O2.ClH/c19-14-2-1-3-15(10-14)22-17(24)13-6-4-12(5-7-13)16-11-21-8-9-23(16)18(20)25;/h1-7,10,16,21H,8-9,11H2,(H2,20,25)(H,22,24);1H. The van der Waals surface area contributed by atoms with Crippen LogP contribution >= 0.6 is 12.4 Å². The fraction of sp³-hybridized carbons (Fsp3) is 0.222. The highest BCUT2D eigenvalue weighted by Gasteiger charge is 2.26. The molecule has 3 rings (SSSR count). The molecule has 0 bridgehead atoms. The maximum atomic E-state index is 13.2. The van der Waals surface area contributed by atoms with Gasteiger partial charge in [0.25, 0.3) is 5.91 Å². The van der Waals surface area contributed by atoms with Crippen LogP contribution in [0.2, 0.25) is 0 Å². The molecular weight excluding hydrogens is 359 g/mol. The molecule has 1 heterocycles. The van der Waals surface area contributed by atoms with Gasteiger partial charge in [-0.25, -0.2) is 9.18 Å². The van der Waals surface area contributed by atoms with Crippen LogP contribution < -0.4 is 16.4 Å². The van der Waals surface area contributed by atoms with Gasteiger partial charge in [0.1, 0.15) is 5.82 Å². The lowest BCUT2D eigenvalue weighted by Crippen LogP contribution is -2.50. The van der Waals surface area contributed by atoms with Gasteiger partial charge in [-0.2, -0.15) is 0 Å². The van der Waals surface area contributed by atoms with Crippen LogP contribution in [-0.2, 0) is 0 Å². The third-order valence-electron chi connectivity index (χ3n) is 4.17. The maximum absolute atomic E-state index is 13.2. The fourth-order valence-electron chi connectivity index (χ4n) is 2.89. The first kappa shape index (κ1) is 19.7. The number of benzene rings is 2. The third kappa shape index (κ3) is 4.50. The van der Waals surface area contributed by atoms with E-state index in [1.54, 1.807) is 35.2 Å². The van der Waals surface area contributed by atoms with Gasteiger partial charge in [-0.3, -0.25) is 4.79 Å². The molecule has 4 N–H and O–H groups in total. The Morgan fingerprint density at radius 2 is 1.92 bits per heavy atom. The summed E-state index contributed by atoms with van der Waals surface area (Å²) >= 11 is 0. The average molecular weight is 379 g/mol. The number of urea groups is 1. The molecule has 0 radical (unpaired) electrons. The van der Waals surface area contributed by atoms with E-state index in [4.69, 9.17) is 5.73 Å². The summed E-state index contributed by atoms with van der Waals surface area (Å²) in [7, 11) is 0. The topological polar surface area (TPSA) is 87.5 Å². The molecule has 1 unspecified atom stereocenters. The zero-order chi connectivity index (χ0) is 17.8. The number of halogens is 2. The number of hydrogen-bond donors (Lipinski definition) is 3. The number of rotatable bonds is 3. The number of nitrogens with two attached hydrogens (primary N) is 1. The molecule has 1 aliphatic heterocycles. The van der Waals surface area contributed by atoms with Gasteiger partial charge in [-0.1, -0.05) is 18.2 Å². The van der Waals surface area contributed by atoms with Crippen molar-refractivity contribution in [2.24, 2.45) is 5.73 Å². The van der Waals surface area contributed by atoms with Crippen molar-refractivity contribution in [2.45, 2.75) is 6.04 Å². The SMILES string of the molecule is Cl.NC(=O)N1CCNCC1c1ccc(C(=O)Nc2cccc(F)c2)cc1. The van der Waals surface area contributed by atoms with Crippen molar-refractivity contribution >= 4 is 30.0 Å². The van der Waals surface area contributed by atoms with Gasteiger partial charge < -0.3 is 21.3 Å². The molecule has 26 heavy (non-hydrogen) atoms. The van der Waals surface area contributed by atoms with E-state index in [0.29, 0.717) is 30.9 Å². The Hall–Kier alpha value is -2.64. The number of primary amides is 1. The summed E-state index contributed by atoms with van der Waals surface area (Å²) in [5, 5.41) is 5.88. The molecular formula is C18H20ClFN4O2. The molecule has 6 nitrogen and oxygen atoms in total. The van der Waals surface area contributed by atoms with E-state index in [-0.39, 0.29) is 24.4 Å². The van der Waals surface area contributed by atoms with Crippen LogP contribution in [-0.4, -0.2) is 36.5 Å². The molecule has 0 aromatic heterocycles. The Bertz CT molecular complexity index is 785. The second-order valence-electron chi connectivity index (χ2n) is 5.84. The van der Waals surface area contributed by atoms with Crippen molar-refractivity contribution in [1.29, 1.82) is 0 Å². The number of piperazine rings is 1. The Kier molecular flexibility index (Phi) is 6.54. The lowest BCUT2D eigenvalue weighted by molar-refractivity contribution is 0.102. The highest BCUT2D eigenvalue weighted by Crippen LogP contribution is 2.22. The van der Waals surface area contributed by atoms with E-state index in [2.05, 4.69) is 10.6 Å². The molecule has 1 fully saturated rings. The number of nitrogens with zero attached hydrogens (tertiary/aromatic N) is 1. The maximum Gasteiger partial charge on any atom is 0.315 e. The lowest BCUT2D eigenvalue weighted by atomic mass is 10.0. The fourth-order valence-corrected chi connectivity index (χ4v) is 2.89. The summed E-state index contributed by atoms with van der Waals surface area (Å²) in [6.45, 7) is 1.85. The minimum atomic E-state index is -0.459. The van der Waals surface area contributed by atoms with Crippen LogP contribution in [0.1, 0.15) is 22.0 Å². The predicted octanol–water partition coefficient (Wildman–Crippen LogP) is 2.52. The zero-order valence-electron chi connectivity index (χ0n) is 13.9. The second-order valence-corrected chi connectivity index (χ2v) is 5.84. The molecule has 1 saturated heterocycles. The molecule has 0 aliphatic carbocycles. The van der Waals surface area contributed by atoms with Gasteiger partial charge in [0.2, 0.25) is 0 Å². The van der Waals surface area contributed by atoms with Gasteiger partial charge >= 0.3 is 6.03 Å². The van der Waals surface area contributed by atoms with Crippen LogP contribution in [0.4, 0.5) is 14.9 Å². The van der Waals surface area contributed by atoms with E-state index in [1.807, 2.05) is 0 Å². The van der Waals surface area contributed by atoms with E-state index in [0.717, 1.165) is 5.56 Å². The Morgan fingerprint density at radius 1 is 1.19 bits per heavy atom. The Balaban J connectivity index is 0.00000243. The lowest BCUT2D eigenvalue weighted by Gasteiger charge is -2.35. The van der Waals surface area contributed by atoms with E-state index < -0.39 is 11.8 Å². The van der Waals surface area contributed by atoms with Crippen molar-refractivity contribution in [3.63, 3.8) is 0 Å². The monoisotopic (exact) mass is 378 g/mol. The van der Waals surface area contributed by atoms with Gasteiger partial charge in [0, 0.05) is 30.9 Å². The Morgan fingerprint density at radius 3 is 2.58 bits per heavy atom. The first-order valence-electron chi connectivity index (χ1n) is 7.98. The van der Waals surface area contributed by atoms with Crippen molar-refractivity contribution in [3.05, 3.63) is 65.5 Å². The van der Waals surface area contributed by atoms with Crippen LogP contribution in [0.5, 0.6) is 0 Å². The molecule has 2 aromatic carbocycles. The summed E-state index contributed by atoms with van der Waals surface area (Å²) < 4.78 is 13.2. The highest BCUT2D eigenvalue weighted by molar-refractivity contribution is 6.04. The smallest absolute Gasteiger partial charge is 0.315 e. The second kappa shape index (κ2) is 8.64. The summed E-state index contributed by atoms with van der Waals surface area (Å²) in [6, 6.07) is 12.1. The van der Waals surface area contributed by atoms with E-state index in [9.17, 15) is 14.0 Å². The van der Waals surface area contributed by atoms with Crippen LogP contribution in [0.25, 0.3) is 0 Å². The number of anilines is 1. The number of carbonyl (C=O) groups is 2. The zero-order valence-corrected chi connectivity index (χ0v) is 14.8. The van der Waals surface area contributed by atoms with E-state index >= 15 is 0 Å². The molecule has 1 aliphatic rings. The van der Waals surface area contributed by atoms with Crippen molar-refractivity contribution in [1.82, 2.24) is 10.2 Å². The molecule has 0 saturated carbocycles. The van der Waals surface area contributed by atoms with Gasteiger partial charge in [-0.15, -0.1) is 12.4 Å². The van der Waals surface area contributed by atoms with Crippen molar-refractivity contribution in [3.8, 4) is 0 Å². The third-order valence-corrected chi connectivity index (χ3v) is 4.17. The number of carbonyl (C=O) groups excluding carboxylic acids is 2. The Labute approximate surface area is 157 Å². The normalized spacial score (nSPS) is 16.5. The molecule has 8 heteroatoms. The minimum Gasteiger partial charge on any atom is -0.351 e. The molecule has 3 amide bonds. The van der Waals surface area contributed by atoms with Crippen molar-refractivity contribution < 1.29 is 14.0 Å². The number of hydrogen-bond acceptors (Lipinski definition) is 3. The molecule has 0 spiro atoms. The summed E-state index contributed by atoms with van der Waals surface area (Å²) in [5.74, 6) is -0.741.